The van der Waals surface area contributed by atoms with Crippen LogP contribution in [0.3, 0.4) is 0 Å². The molecule has 0 aliphatic carbocycles. The van der Waals surface area contributed by atoms with Crippen LogP contribution in [-0.4, -0.2) is 21.2 Å². The second kappa shape index (κ2) is 6.20. The molecule has 1 aromatic rings. The van der Waals surface area contributed by atoms with Crippen molar-refractivity contribution in [2.24, 2.45) is 0 Å². The van der Waals surface area contributed by atoms with Crippen molar-refractivity contribution in [2.75, 3.05) is 0 Å². The molecule has 0 bridgehead atoms. The number of nitrogens with zero attached hydrogens (tertiary/aromatic N) is 1. The van der Waals surface area contributed by atoms with Gasteiger partial charge in [-0.15, -0.1) is 0 Å². The molecule has 1 atom stereocenters. The molecule has 0 unspecified atom stereocenters. The summed E-state index contributed by atoms with van der Waals surface area (Å²) in [4.78, 5) is 14.7. The van der Waals surface area contributed by atoms with Gasteiger partial charge in [-0.1, -0.05) is 59.0 Å². The van der Waals surface area contributed by atoms with Gasteiger partial charge in [0.25, 0.3) is 5.91 Å². The third-order valence-corrected chi connectivity index (χ3v) is 4.88. The number of hydrogen-bond acceptors (Lipinski definition) is 3. The molecule has 1 fully saturated rings. The van der Waals surface area contributed by atoms with Crippen LogP contribution in [-0.2, 0) is 4.79 Å². The fourth-order valence-electron chi connectivity index (χ4n) is 1.75. The van der Waals surface area contributed by atoms with Gasteiger partial charge in [-0.2, -0.15) is 0 Å². The summed E-state index contributed by atoms with van der Waals surface area (Å²) in [6.07, 6.45) is 2.80. The van der Waals surface area contributed by atoms with Gasteiger partial charge in [0.15, 0.2) is 0 Å². The standard InChI is InChI=1S/C14H14BrNOS2/c1-3-9(2)16-13(17)12(19-14(16)18)8-10-4-6-11(15)7-5-10/h4-9H,3H2,1-2H3/b12-8-/t9-/m1/s1. The quantitative estimate of drug-likeness (QED) is 0.590. The zero-order valence-electron chi connectivity index (χ0n) is 10.7. The smallest absolute Gasteiger partial charge is 0.266 e. The SMILES string of the molecule is CC[C@@H](C)N1C(=O)/C(=C/c2ccc(Br)cc2)SC1=S. The van der Waals surface area contributed by atoms with Crippen molar-refractivity contribution in [3.05, 3.63) is 39.2 Å². The van der Waals surface area contributed by atoms with Gasteiger partial charge >= 0.3 is 0 Å². The predicted molar refractivity (Wildman–Crippen MR) is 88.9 cm³/mol. The summed E-state index contributed by atoms with van der Waals surface area (Å²) in [5.74, 6) is 0.0206. The van der Waals surface area contributed by atoms with Crippen LogP contribution in [0.15, 0.2) is 33.6 Å². The van der Waals surface area contributed by atoms with Crippen LogP contribution < -0.4 is 0 Å². The van der Waals surface area contributed by atoms with Crippen LogP contribution in [0.2, 0.25) is 0 Å². The van der Waals surface area contributed by atoms with Crippen LogP contribution in [0, 0.1) is 0 Å². The minimum Gasteiger partial charge on any atom is -0.290 e. The highest BCUT2D eigenvalue weighted by Crippen LogP contribution is 2.34. The van der Waals surface area contributed by atoms with Crippen molar-refractivity contribution < 1.29 is 4.79 Å². The van der Waals surface area contributed by atoms with Crippen molar-refractivity contribution >= 4 is 56.2 Å². The van der Waals surface area contributed by atoms with E-state index in [4.69, 9.17) is 12.2 Å². The Morgan fingerprint density at radius 3 is 2.63 bits per heavy atom. The molecule has 19 heavy (non-hydrogen) atoms. The Morgan fingerprint density at radius 1 is 1.42 bits per heavy atom. The molecule has 2 rings (SSSR count). The van der Waals surface area contributed by atoms with Gasteiger partial charge in [-0.05, 0) is 37.1 Å². The average molecular weight is 356 g/mol. The van der Waals surface area contributed by atoms with Crippen molar-refractivity contribution in [3.63, 3.8) is 0 Å². The molecule has 100 valence electrons. The summed E-state index contributed by atoms with van der Waals surface area (Å²) in [6.45, 7) is 4.08. The van der Waals surface area contributed by atoms with Crippen LogP contribution in [0.4, 0.5) is 0 Å². The van der Waals surface area contributed by atoms with Gasteiger partial charge < -0.3 is 0 Å². The molecule has 1 heterocycles. The minimum atomic E-state index is 0.0206. The molecule has 1 aliphatic rings. The Kier molecular flexibility index (Phi) is 4.81. The molecule has 0 N–H and O–H groups in total. The van der Waals surface area contributed by atoms with Gasteiger partial charge in [0, 0.05) is 10.5 Å². The maximum Gasteiger partial charge on any atom is 0.266 e. The highest BCUT2D eigenvalue weighted by atomic mass is 79.9. The number of carbonyl (C=O) groups excluding carboxylic acids is 1. The molecule has 2 nitrogen and oxygen atoms in total. The number of carbonyl (C=O) groups is 1. The van der Waals surface area contributed by atoms with E-state index in [0.717, 1.165) is 16.5 Å². The Morgan fingerprint density at radius 2 is 2.05 bits per heavy atom. The van der Waals surface area contributed by atoms with E-state index in [9.17, 15) is 4.79 Å². The first-order valence-corrected chi connectivity index (χ1v) is 8.07. The summed E-state index contributed by atoms with van der Waals surface area (Å²) >= 11 is 10.1. The van der Waals surface area contributed by atoms with Crippen molar-refractivity contribution in [1.82, 2.24) is 4.90 Å². The number of hydrogen-bond donors (Lipinski definition) is 0. The molecular formula is C14H14BrNOS2. The highest BCUT2D eigenvalue weighted by molar-refractivity contribution is 9.10. The van der Waals surface area contributed by atoms with E-state index in [-0.39, 0.29) is 11.9 Å². The van der Waals surface area contributed by atoms with E-state index < -0.39 is 0 Å². The van der Waals surface area contributed by atoms with Crippen molar-refractivity contribution in [2.45, 2.75) is 26.3 Å². The van der Waals surface area contributed by atoms with Crippen LogP contribution in [0.1, 0.15) is 25.8 Å². The molecule has 0 saturated carbocycles. The molecule has 1 amide bonds. The third-order valence-electron chi connectivity index (χ3n) is 3.02. The first-order valence-electron chi connectivity index (χ1n) is 6.05. The molecule has 0 aromatic heterocycles. The number of amides is 1. The first-order chi connectivity index (χ1) is 9.02. The second-order valence-electron chi connectivity index (χ2n) is 4.36. The number of halogens is 1. The fraction of sp³-hybridized carbons (Fsp3) is 0.286. The van der Waals surface area contributed by atoms with E-state index in [1.165, 1.54) is 11.8 Å². The lowest BCUT2D eigenvalue weighted by molar-refractivity contribution is -0.123. The summed E-state index contributed by atoms with van der Waals surface area (Å²) in [7, 11) is 0. The summed E-state index contributed by atoms with van der Waals surface area (Å²) in [6, 6.07) is 8.02. The minimum absolute atomic E-state index is 0.0206. The number of thioether (sulfide) groups is 1. The summed E-state index contributed by atoms with van der Waals surface area (Å²) in [5, 5.41) is 0. The van der Waals surface area contributed by atoms with E-state index >= 15 is 0 Å². The highest BCUT2D eigenvalue weighted by Gasteiger charge is 2.34. The maximum absolute atomic E-state index is 12.3. The average Bonchev–Trinajstić information content (AvgIpc) is 2.66. The zero-order chi connectivity index (χ0) is 14.0. The predicted octanol–water partition coefficient (Wildman–Crippen LogP) is 4.45. The topological polar surface area (TPSA) is 20.3 Å². The van der Waals surface area contributed by atoms with Crippen LogP contribution in [0.25, 0.3) is 6.08 Å². The van der Waals surface area contributed by atoms with Gasteiger partial charge in [0.2, 0.25) is 0 Å². The van der Waals surface area contributed by atoms with Crippen LogP contribution >= 0.6 is 39.9 Å². The maximum atomic E-state index is 12.3. The monoisotopic (exact) mass is 355 g/mol. The molecule has 5 heteroatoms. The number of benzene rings is 1. The molecular weight excluding hydrogens is 342 g/mol. The molecule has 0 radical (unpaired) electrons. The number of thiocarbonyl (C=S) groups is 1. The van der Waals surface area contributed by atoms with Crippen molar-refractivity contribution in [1.29, 1.82) is 0 Å². The Balaban J connectivity index is 2.25. The van der Waals surface area contributed by atoms with E-state index in [1.54, 1.807) is 4.90 Å². The van der Waals surface area contributed by atoms with Gasteiger partial charge in [0.1, 0.15) is 4.32 Å². The van der Waals surface area contributed by atoms with Crippen LogP contribution in [0.5, 0.6) is 0 Å². The van der Waals surface area contributed by atoms with E-state index in [1.807, 2.05) is 37.3 Å². The van der Waals surface area contributed by atoms with Gasteiger partial charge in [0.05, 0.1) is 4.91 Å². The third kappa shape index (κ3) is 3.27. The van der Waals surface area contributed by atoms with Crippen molar-refractivity contribution in [3.8, 4) is 0 Å². The largest absolute Gasteiger partial charge is 0.290 e. The normalized spacial score (nSPS) is 19.3. The van der Waals surface area contributed by atoms with E-state index in [0.29, 0.717) is 9.23 Å². The first kappa shape index (κ1) is 14.8. The Labute approximate surface area is 131 Å². The van der Waals surface area contributed by atoms with E-state index in [2.05, 4.69) is 22.9 Å². The summed E-state index contributed by atoms with van der Waals surface area (Å²) < 4.78 is 1.68. The molecule has 1 saturated heterocycles. The Bertz CT molecular complexity index is 539. The zero-order valence-corrected chi connectivity index (χ0v) is 13.9. The summed E-state index contributed by atoms with van der Waals surface area (Å²) in [5.41, 5.74) is 1.01. The lowest BCUT2D eigenvalue weighted by atomic mass is 10.2. The lowest BCUT2D eigenvalue weighted by Gasteiger charge is -2.21. The molecule has 0 spiro atoms. The lowest BCUT2D eigenvalue weighted by Crippen LogP contribution is -2.36. The Hall–Kier alpha value is -0.650. The fourth-order valence-corrected chi connectivity index (χ4v) is 3.48. The van der Waals surface area contributed by atoms with Gasteiger partial charge in [-0.25, -0.2) is 0 Å². The molecule has 1 aliphatic heterocycles. The molecule has 1 aromatic carbocycles. The number of rotatable bonds is 3. The second-order valence-corrected chi connectivity index (χ2v) is 6.95. The van der Waals surface area contributed by atoms with Gasteiger partial charge in [-0.3, -0.25) is 9.69 Å².